The van der Waals surface area contributed by atoms with Crippen LogP contribution < -0.4 is 5.73 Å². The van der Waals surface area contributed by atoms with Gasteiger partial charge in [0, 0.05) is 12.5 Å². The summed E-state index contributed by atoms with van der Waals surface area (Å²) in [5.74, 6) is 0.843. The van der Waals surface area contributed by atoms with Crippen molar-refractivity contribution in [2.24, 2.45) is 11.7 Å². The molecule has 0 aromatic heterocycles. The first-order valence-electron chi connectivity index (χ1n) is 4.95. The summed E-state index contributed by atoms with van der Waals surface area (Å²) in [6.45, 7) is 1.63. The zero-order valence-electron chi connectivity index (χ0n) is 8.29. The molecule has 2 N–H and O–H groups in total. The molecule has 3 heteroatoms. The predicted octanol–water partition coefficient (Wildman–Crippen LogP) is 2.29. The predicted molar refractivity (Wildman–Crippen MR) is 57.1 cm³/mol. The molecule has 0 aromatic rings. The molecule has 0 bridgehead atoms. The molecule has 78 valence electrons. The summed E-state index contributed by atoms with van der Waals surface area (Å²) in [7, 11) is 0. The van der Waals surface area contributed by atoms with E-state index in [0.717, 1.165) is 0 Å². The quantitative estimate of drug-likeness (QED) is 0.769. The summed E-state index contributed by atoms with van der Waals surface area (Å²) < 4.78 is 0. The number of rotatable bonds is 3. The smallest absolute Gasteiger partial charge is 0.131 e. The Morgan fingerprint density at radius 2 is 1.92 bits per heavy atom. The third-order valence-corrected chi connectivity index (χ3v) is 2.78. The first kappa shape index (κ1) is 12.9. The lowest BCUT2D eigenvalue weighted by Gasteiger charge is -2.26. The van der Waals surface area contributed by atoms with Gasteiger partial charge in [-0.25, -0.2) is 0 Å². The highest BCUT2D eigenvalue weighted by Gasteiger charge is 2.20. The lowest BCUT2D eigenvalue weighted by molar-refractivity contribution is -0.117. The Morgan fingerprint density at radius 3 is 2.38 bits per heavy atom. The molecule has 1 aliphatic carbocycles. The molecule has 0 amide bonds. The molecule has 1 atom stereocenters. The fraction of sp³-hybridized carbons (Fsp3) is 0.900. The molecule has 1 saturated carbocycles. The molecule has 1 aliphatic rings. The number of Topliss-reactive ketones (excluding diaryl/α,β-unsaturated/α-hetero) is 1. The number of ketones is 1. The van der Waals surface area contributed by atoms with Crippen molar-refractivity contribution in [1.82, 2.24) is 0 Å². The molecular formula is C10H20ClNO. The van der Waals surface area contributed by atoms with E-state index in [-0.39, 0.29) is 24.2 Å². The first-order valence-corrected chi connectivity index (χ1v) is 4.95. The second kappa shape index (κ2) is 6.39. The number of carbonyl (C=O) groups excluding carboxylic acids is 1. The van der Waals surface area contributed by atoms with Gasteiger partial charge < -0.3 is 5.73 Å². The Hall–Kier alpha value is -0.0800. The Labute approximate surface area is 86.7 Å². The van der Waals surface area contributed by atoms with Crippen molar-refractivity contribution in [3.8, 4) is 0 Å². The molecular weight excluding hydrogens is 186 g/mol. The lowest BCUT2D eigenvalue weighted by atomic mass is 9.83. The number of hydrogen-bond acceptors (Lipinski definition) is 2. The van der Waals surface area contributed by atoms with E-state index in [4.69, 9.17) is 5.73 Å². The summed E-state index contributed by atoms with van der Waals surface area (Å²) in [6.07, 6.45) is 6.99. The Kier molecular flexibility index (Phi) is 6.35. The summed E-state index contributed by atoms with van der Waals surface area (Å²) in [6, 6.07) is 0.128. The van der Waals surface area contributed by atoms with E-state index in [1.807, 2.05) is 0 Å². The number of nitrogens with two attached hydrogens (primary N) is 1. The summed E-state index contributed by atoms with van der Waals surface area (Å²) >= 11 is 0. The molecule has 1 unspecified atom stereocenters. The molecule has 0 spiro atoms. The molecule has 1 rings (SSSR count). The minimum Gasteiger partial charge on any atom is -0.327 e. The standard InChI is InChI=1S/C10H19NO.ClH/c1-8(12)7-10(11)9-5-3-2-4-6-9;/h9-10H,2-7,11H2,1H3;1H. The lowest BCUT2D eigenvalue weighted by Crippen LogP contribution is -2.33. The van der Waals surface area contributed by atoms with Crippen LogP contribution in [0, 0.1) is 5.92 Å². The Morgan fingerprint density at radius 1 is 1.38 bits per heavy atom. The van der Waals surface area contributed by atoms with Crippen LogP contribution in [0.5, 0.6) is 0 Å². The van der Waals surface area contributed by atoms with E-state index in [0.29, 0.717) is 12.3 Å². The molecule has 0 aromatic carbocycles. The zero-order chi connectivity index (χ0) is 8.97. The van der Waals surface area contributed by atoms with Gasteiger partial charge >= 0.3 is 0 Å². The highest BCUT2D eigenvalue weighted by molar-refractivity contribution is 5.85. The van der Waals surface area contributed by atoms with Crippen molar-refractivity contribution in [1.29, 1.82) is 0 Å². The van der Waals surface area contributed by atoms with E-state index < -0.39 is 0 Å². The van der Waals surface area contributed by atoms with Crippen LogP contribution in [0.4, 0.5) is 0 Å². The van der Waals surface area contributed by atoms with Crippen LogP contribution in [-0.2, 0) is 4.79 Å². The number of carbonyl (C=O) groups is 1. The summed E-state index contributed by atoms with van der Waals surface area (Å²) in [5.41, 5.74) is 5.93. The zero-order valence-corrected chi connectivity index (χ0v) is 9.11. The number of halogens is 1. The van der Waals surface area contributed by atoms with Crippen LogP contribution in [-0.4, -0.2) is 11.8 Å². The largest absolute Gasteiger partial charge is 0.327 e. The molecule has 1 fully saturated rings. The maximum Gasteiger partial charge on any atom is 0.131 e. The van der Waals surface area contributed by atoms with E-state index in [9.17, 15) is 4.79 Å². The van der Waals surface area contributed by atoms with Crippen LogP contribution >= 0.6 is 12.4 Å². The second-order valence-electron chi connectivity index (χ2n) is 3.97. The van der Waals surface area contributed by atoms with Crippen molar-refractivity contribution in [3.63, 3.8) is 0 Å². The van der Waals surface area contributed by atoms with Gasteiger partial charge in [0.2, 0.25) is 0 Å². The molecule has 0 radical (unpaired) electrons. The van der Waals surface area contributed by atoms with Gasteiger partial charge in [-0.2, -0.15) is 0 Å². The normalized spacial score (nSPS) is 20.5. The van der Waals surface area contributed by atoms with Gasteiger partial charge in [-0.05, 0) is 25.7 Å². The fourth-order valence-corrected chi connectivity index (χ4v) is 2.06. The molecule has 0 aliphatic heterocycles. The van der Waals surface area contributed by atoms with Crippen molar-refractivity contribution >= 4 is 18.2 Å². The minimum atomic E-state index is 0. The number of hydrogen-bond donors (Lipinski definition) is 1. The van der Waals surface area contributed by atoms with Crippen LogP contribution in [0.25, 0.3) is 0 Å². The van der Waals surface area contributed by atoms with Gasteiger partial charge in [0.25, 0.3) is 0 Å². The average Bonchev–Trinajstić information content (AvgIpc) is 2.05. The highest BCUT2D eigenvalue weighted by Crippen LogP contribution is 2.26. The van der Waals surface area contributed by atoms with E-state index in [2.05, 4.69) is 0 Å². The maximum absolute atomic E-state index is 10.8. The van der Waals surface area contributed by atoms with Crippen molar-refractivity contribution in [3.05, 3.63) is 0 Å². The molecule has 2 nitrogen and oxygen atoms in total. The molecule has 0 saturated heterocycles. The van der Waals surface area contributed by atoms with Gasteiger partial charge in [0.05, 0.1) is 0 Å². The van der Waals surface area contributed by atoms with Crippen LogP contribution in [0.3, 0.4) is 0 Å². The van der Waals surface area contributed by atoms with E-state index in [1.54, 1.807) is 6.92 Å². The van der Waals surface area contributed by atoms with Crippen molar-refractivity contribution < 1.29 is 4.79 Å². The molecule has 0 heterocycles. The van der Waals surface area contributed by atoms with Crippen LogP contribution in [0.1, 0.15) is 45.4 Å². The van der Waals surface area contributed by atoms with Gasteiger partial charge in [-0.3, -0.25) is 4.79 Å². The fourth-order valence-electron chi connectivity index (χ4n) is 2.06. The van der Waals surface area contributed by atoms with E-state index in [1.165, 1.54) is 32.1 Å². The monoisotopic (exact) mass is 205 g/mol. The average molecular weight is 206 g/mol. The first-order chi connectivity index (χ1) is 5.70. The highest BCUT2D eigenvalue weighted by atomic mass is 35.5. The van der Waals surface area contributed by atoms with Crippen LogP contribution in [0.15, 0.2) is 0 Å². The van der Waals surface area contributed by atoms with E-state index >= 15 is 0 Å². The van der Waals surface area contributed by atoms with Gasteiger partial charge in [-0.1, -0.05) is 19.3 Å². The topological polar surface area (TPSA) is 43.1 Å². The summed E-state index contributed by atoms with van der Waals surface area (Å²) in [5, 5.41) is 0. The maximum atomic E-state index is 10.8. The SMILES string of the molecule is CC(=O)CC(N)C1CCCCC1.Cl. The third kappa shape index (κ3) is 4.63. The van der Waals surface area contributed by atoms with Crippen molar-refractivity contribution in [2.45, 2.75) is 51.5 Å². The van der Waals surface area contributed by atoms with Crippen molar-refractivity contribution in [2.75, 3.05) is 0 Å². The third-order valence-electron chi connectivity index (χ3n) is 2.78. The minimum absolute atomic E-state index is 0. The Balaban J connectivity index is 0.00000144. The Bertz CT molecular complexity index is 155. The molecule has 13 heavy (non-hydrogen) atoms. The van der Waals surface area contributed by atoms with Crippen LogP contribution in [0.2, 0.25) is 0 Å². The summed E-state index contributed by atoms with van der Waals surface area (Å²) in [4.78, 5) is 10.8. The van der Waals surface area contributed by atoms with Gasteiger partial charge in [0.15, 0.2) is 0 Å². The second-order valence-corrected chi connectivity index (χ2v) is 3.97. The van der Waals surface area contributed by atoms with Gasteiger partial charge in [0.1, 0.15) is 5.78 Å². The van der Waals surface area contributed by atoms with Gasteiger partial charge in [-0.15, -0.1) is 12.4 Å².